The van der Waals surface area contributed by atoms with E-state index in [-0.39, 0.29) is 11.8 Å². The van der Waals surface area contributed by atoms with Crippen molar-refractivity contribution in [1.29, 1.82) is 0 Å². The lowest BCUT2D eigenvalue weighted by atomic mass is 10.0. The van der Waals surface area contributed by atoms with Crippen molar-refractivity contribution in [3.63, 3.8) is 0 Å². The maximum atomic E-state index is 12.7. The van der Waals surface area contributed by atoms with Gasteiger partial charge in [-0.2, -0.15) is 0 Å². The number of carbonyl (C=O) groups is 3. The average molecular weight is 386 g/mol. The number of benzene rings is 1. The average Bonchev–Trinajstić information content (AvgIpc) is 2.87. The zero-order chi connectivity index (χ0) is 19.4. The number of esters is 1. The van der Waals surface area contributed by atoms with Gasteiger partial charge in [-0.15, -0.1) is 11.3 Å². The van der Waals surface area contributed by atoms with Crippen LogP contribution in [0.2, 0.25) is 0 Å². The molecule has 0 fully saturated rings. The van der Waals surface area contributed by atoms with Crippen LogP contribution >= 0.6 is 11.3 Å². The molecule has 142 valence electrons. The van der Waals surface area contributed by atoms with Gasteiger partial charge in [0.05, 0.1) is 18.2 Å². The lowest BCUT2D eigenvalue weighted by molar-refractivity contribution is 0.0600. The highest BCUT2D eigenvalue weighted by Crippen LogP contribution is 2.37. The number of amides is 2. The Morgan fingerprint density at radius 2 is 1.63 bits per heavy atom. The molecule has 27 heavy (non-hydrogen) atoms. The van der Waals surface area contributed by atoms with Crippen LogP contribution in [0.5, 0.6) is 0 Å². The molecule has 3 rings (SSSR count). The van der Waals surface area contributed by atoms with Crippen molar-refractivity contribution < 1.29 is 19.1 Å². The highest BCUT2D eigenvalue weighted by atomic mass is 32.1. The van der Waals surface area contributed by atoms with Crippen molar-refractivity contribution in [2.24, 2.45) is 0 Å². The molecule has 0 aliphatic heterocycles. The molecule has 1 aliphatic rings. The summed E-state index contributed by atoms with van der Waals surface area (Å²) in [5.41, 5.74) is 2.43. The van der Waals surface area contributed by atoms with E-state index >= 15 is 0 Å². The number of fused-ring (bicyclic) bond motifs is 1. The Morgan fingerprint density at radius 1 is 0.963 bits per heavy atom. The second kappa shape index (κ2) is 8.35. The molecule has 1 aromatic heterocycles. The van der Waals surface area contributed by atoms with E-state index in [2.05, 4.69) is 15.4 Å². The fourth-order valence-electron chi connectivity index (χ4n) is 3.25. The van der Waals surface area contributed by atoms with Crippen LogP contribution in [0.4, 0.5) is 5.00 Å². The Labute approximate surface area is 161 Å². The zero-order valence-electron chi connectivity index (χ0n) is 15.4. The number of thiophene rings is 1. The van der Waals surface area contributed by atoms with Crippen LogP contribution in [0.3, 0.4) is 0 Å². The molecule has 0 saturated heterocycles. The summed E-state index contributed by atoms with van der Waals surface area (Å²) in [4.78, 5) is 37.8. The van der Waals surface area contributed by atoms with Gasteiger partial charge in [-0.3, -0.25) is 9.59 Å². The Hall–Kier alpha value is -2.67. The van der Waals surface area contributed by atoms with Crippen LogP contribution in [-0.2, 0) is 17.6 Å². The standard InChI is InChI=1S/C20H22N2O4S/c1-21-18(24)16-14-6-4-3-5-7-15(14)27-19(16)22-17(23)12-8-10-13(11-9-12)20(25)26-2/h8-11H,3-7H2,1-2H3,(H,21,24)(H,22,23). The van der Waals surface area contributed by atoms with Gasteiger partial charge in [-0.25, -0.2) is 4.79 Å². The first kappa shape index (κ1) is 19.1. The summed E-state index contributed by atoms with van der Waals surface area (Å²) in [6, 6.07) is 6.23. The molecule has 0 radical (unpaired) electrons. The van der Waals surface area contributed by atoms with Gasteiger partial charge >= 0.3 is 5.97 Å². The monoisotopic (exact) mass is 386 g/mol. The van der Waals surface area contributed by atoms with Crippen LogP contribution in [0.25, 0.3) is 0 Å². The van der Waals surface area contributed by atoms with E-state index < -0.39 is 5.97 Å². The van der Waals surface area contributed by atoms with Gasteiger partial charge in [-0.1, -0.05) is 6.42 Å². The van der Waals surface area contributed by atoms with Gasteiger partial charge in [0.25, 0.3) is 11.8 Å². The van der Waals surface area contributed by atoms with E-state index in [1.807, 2.05) is 0 Å². The Morgan fingerprint density at radius 3 is 2.30 bits per heavy atom. The predicted octanol–water partition coefficient (Wildman–Crippen LogP) is 3.42. The molecule has 2 N–H and O–H groups in total. The molecule has 0 saturated carbocycles. The number of anilines is 1. The molecule has 2 amide bonds. The zero-order valence-corrected chi connectivity index (χ0v) is 16.2. The highest BCUT2D eigenvalue weighted by molar-refractivity contribution is 7.17. The van der Waals surface area contributed by atoms with Gasteiger partial charge in [0, 0.05) is 17.5 Å². The molecule has 1 heterocycles. The molecule has 1 aromatic carbocycles. The van der Waals surface area contributed by atoms with Gasteiger partial charge < -0.3 is 15.4 Å². The number of hydrogen-bond donors (Lipinski definition) is 2. The molecule has 0 spiro atoms. The summed E-state index contributed by atoms with van der Waals surface area (Å²) in [5, 5.41) is 6.15. The Balaban J connectivity index is 1.87. The van der Waals surface area contributed by atoms with E-state index in [0.29, 0.717) is 21.7 Å². The van der Waals surface area contributed by atoms with Crippen LogP contribution in [-0.4, -0.2) is 31.9 Å². The van der Waals surface area contributed by atoms with E-state index in [0.717, 1.165) is 37.7 Å². The third-order valence-electron chi connectivity index (χ3n) is 4.67. The maximum absolute atomic E-state index is 12.7. The first-order valence-corrected chi connectivity index (χ1v) is 9.73. The van der Waals surface area contributed by atoms with Crippen molar-refractivity contribution in [2.45, 2.75) is 32.1 Å². The van der Waals surface area contributed by atoms with Gasteiger partial charge in [0.2, 0.25) is 0 Å². The van der Waals surface area contributed by atoms with Gasteiger partial charge in [0.15, 0.2) is 0 Å². The molecular weight excluding hydrogens is 364 g/mol. The van der Waals surface area contributed by atoms with Crippen LogP contribution in [0.15, 0.2) is 24.3 Å². The van der Waals surface area contributed by atoms with E-state index in [1.165, 1.54) is 23.3 Å². The molecule has 0 unspecified atom stereocenters. The predicted molar refractivity (Wildman–Crippen MR) is 105 cm³/mol. The minimum absolute atomic E-state index is 0.175. The Bertz CT molecular complexity index is 871. The summed E-state index contributed by atoms with van der Waals surface area (Å²) in [5.74, 6) is -0.940. The summed E-state index contributed by atoms with van der Waals surface area (Å²) in [7, 11) is 2.91. The number of methoxy groups -OCH3 is 1. The number of ether oxygens (including phenoxy) is 1. The van der Waals surface area contributed by atoms with Crippen molar-refractivity contribution in [1.82, 2.24) is 5.32 Å². The van der Waals surface area contributed by atoms with Crippen molar-refractivity contribution in [3.05, 3.63) is 51.4 Å². The minimum atomic E-state index is -0.453. The lowest BCUT2D eigenvalue weighted by Crippen LogP contribution is -2.21. The summed E-state index contributed by atoms with van der Waals surface area (Å²) >= 11 is 1.49. The molecule has 1 aliphatic carbocycles. The first-order chi connectivity index (χ1) is 13.0. The van der Waals surface area contributed by atoms with Crippen LogP contribution < -0.4 is 10.6 Å². The maximum Gasteiger partial charge on any atom is 0.337 e. The second-order valence-electron chi connectivity index (χ2n) is 6.37. The van der Waals surface area contributed by atoms with Crippen molar-refractivity contribution in [2.75, 3.05) is 19.5 Å². The van der Waals surface area contributed by atoms with E-state index in [1.54, 1.807) is 31.3 Å². The molecule has 0 bridgehead atoms. The molecule has 6 nitrogen and oxygen atoms in total. The van der Waals surface area contributed by atoms with Crippen LogP contribution in [0.1, 0.15) is 60.8 Å². The third kappa shape index (κ3) is 4.03. The number of nitrogens with one attached hydrogen (secondary N) is 2. The minimum Gasteiger partial charge on any atom is -0.465 e. The van der Waals surface area contributed by atoms with Gasteiger partial charge in [-0.05, 0) is 55.5 Å². The quantitative estimate of drug-likeness (QED) is 0.623. The number of rotatable bonds is 4. The summed E-state index contributed by atoms with van der Waals surface area (Å²) in [6.45, 7) is 0. The normalized spacial score (nSPS) is 13.3. The Kier molecular flexibility index (Phi) is 5.91. The largest absolute Gasteiger partial charge is 0.465 e. The first-order valence-electron chi connectivity index (χ1n) is 8.91. The molecule has 7 heteroatoms. The smallest absolute Gasteiger partial charge is 0.337 e. The number of hydrogen-bond acceptors (Lipinski definition) is 5. The SMILES string of the molecule is CNC(=O)c1c(NC(=O)c2ccc(C(=O)OC)cc2)sc2c1CCCCC2. The lowest BCUT2D eigenvalue weighted by Gasteiger charge is -2.08. The molecular formula is C20H22N2O4S. The molecule has 2 aromatic rings. The van der Waals surface area contributed by atoms with E-state index in [4.69, 9.17) is 0 Å². The summed E-state index contributed by atoms with van der Waals surface area (Å²) in [6.07, 6.45) is 5.11. The number of carbonyl (C=O) groups excluding carboxylic acids is 3. The van der Waals surface area contributed by atoms with Crippen molar-refractivity contribution in [3.8, 4) is 0 Å². The summed E-state index contributed by atoms with van der Waals surface area (Å²) < 4.78 is 4.66. The second-order valence-corrected chi connectivity index (χ2v) is 7.48. The molecule has 0 atom stereocenters. The van der Waals surface area contributed by atoms with E-state index in [9.17, 15) is 14.4 Å². The fraction of sp³-hybridized carbons (Fsp3) is 0.350. The van der Waals surface area contributed by atoms with Gasteiger partial charge in [0.1, 0.15) is 5.00 Å². The number of aryl methyl sites for hydroxylation is 1. The van der Waals surface area contributed by atoms with Crippen molar-refractivity contribution >= 4 is 34.1 Å². The highest BCUT2D eigenvalue weighted by Gasteiger charge is 2.25. The van der Waals surface area contributed by atoms with Crippen LogP contribution in [0, 0.1) is 0 Å². The fourth-order valence-corrected chi connectivity index (χ4v) is 4.53. The third-order valence-corrected chi connectivity index (χ3v) is 5.88. The topological polar surface area (TPSA) is 84.5 Å².